The molecule has 27 heavy (non-hydrogen) atoms. The lowest BCUT2D eigenvalue weighted by molar-refractivity contribution is -0.111. The van der Waals surface area contributed by atoms with Gasteiger partial charge in [-0.05, 0) is 13.8 Å². The SMILES string of the molecule is CCOP(=O)(C[C@@H](CC(=O)SC(C)(C)C)NC(=O)OCC(Cl)(Cl)Cl)OCC. The van der Waals surface area contributed by atoms with Gasteiger partial charge in [0, 0.05) is 11.2 Å². The summed E-state index contributed by atoms with van der Waals surface area (Å²) >= 11 is 17.7. The van der Waals surface area contributed by atoms with Gasteiger partial charge in [0.05, 0.1) is 25.4 Å². The van der Waals surface area contributed by atoms with E-state index in [0.29, 0.717) is 0 Å². The normalized spacial score (nSPS) is 13.9. The van der Waals surface area contributed by atoms with Crippen LogP contribution < -0.4 is 5.32 Å². The van der Waals surface area contributed by atoms with Gasteiger partial charge in [-0.2, -0.15) is 0 Å². The fourth-order valence-electron chi connectivity index (χ4n) is 1.91. The van der Waals surface area contributed by atoms with E-state index in [9.17, 15) is 14.2 Å². The highest BCUT2D eigenvalue weighted by Crippen LogP contribution is 2.49. The summed E-state index contributed by atoms with van der Waals surface area (Å²) in [5, 5.41) is 2.29. The molecule has 0 saturated carbocycles. The molecule has 0 radical (unpaired) electrons. The van der Waals surface area contributed by atoms with Crippen LogP contribution in [0, 0.1) is 0 Å². The highest BCUT2D eigenvalue weighted by molar-refractivity contribution is 8.14. The number of nitrogens with one attached hydrogen (secondary N) is 1. The molecule has 0 spiro atoms. The molecule has 12 heteroatoms. The molecule has 0 aromatic carbocycles. The van der Waals surface area contributed by atoms with Gasteiger partial charge in [-0.1, -0.05) is 67.3 Å². The molecule has 0 rings (SSSR count). The van der Waals surface area contributed by atoms with E-state index >= 15 is 0 Å². The first-order chi connectivity index (χ1) is 12.2. The van der Waals surface area contributed by atoms with Gasteiger partial charge in [0.25, 0.3) is 0 Å². The number of alkyl carbamates (subject to hydrolysis) is 1. The lowest BCUT2D eigenvalue weighted by atomic mass is 10.2. The Morgan fingerprint density at radius 2 is 1.63 bits per heavy atom. The van der Waals surface area contributed by atoms with Crippen molar-refractivity contribution in [3.8, 4) is 0 Å². The fourth-order valence-corrected chi connectivity index (χ4v) is 4.87. The fraction of sp³-hybridized carbons (Fsp3) is 0.867. The summed E-state index contributed by atoms with van der Waals surface area (Å²) in [6.07, 6.45) is -1.18. The molecule has 7 nitrogen and oxygen atoms in total. The Hall–Kier alpha value is 0.310. The van der Waals surface area contributed by atoms with Gasteiger partial charge >= 0.3 is 13.7 Å². The van der Waals surface area contributed by atoms with Crippen LogP contribution in [0.1, 0.15) is 41.0 Å². The second kappa shape index (κ2) is 12.1. The van der Waals surface area contributed by atoms with E-state index in [1.165, 1.54) is 0 Å². The van der Waals surface area contributed by atoms with Crippen molar-refractivity contribution in [3.05, 3.63) is 0 Å². The van der Waals surface area contributed by atoms with Crippen LogP contribution >= 0.6 is 54.2 Å². The van der Waals surface area contributed by atoms with Crippen LogP contribution in [-0.2, 0) is 23.1 Å². The molecular formula is C15H27Cl3NO6PS. The predicted molar refractivity (Wildman–Crippen MR) is 111 cm³/mol. The number of alkyl halides is 3. The molecule has 0 aromatic heterocycles. The van der Waals surface area contributed by atoms with Crippen LogP contribution in [-0.4, -0.2) is 51.8 Å². The Bertz CT molecular complexity index is 529. The minimum absolute atomic E-state index is 0.0884. The topological polar surface area (TPSA) is 90.9 Å². The van der Waals surface area contributed by atoms with Gasteiger partial charge in [-0.15, -0.1) is 0 Å². The van der Waals surface area contributed by atoms with E-state index in [4.69, 9.17) is 48.6 Å². The first-order valence-electron chi connectivity index (χ1n) is 8.29. The van der Waals surface area contributed by atoms with Gasteiger partial charge in [0.2, 0.25) is 3.79 Å². The molecule has 0 fully saturated rings. The van der Waals surface area contributed by atoms with E-state index in [-0.39, 0.29) is 35.7 Å². The average molecular weight is 487 g/mol. The molecule has 0 aromatic rings. The third-order valence-electron chi connectivity index (χ3n) is 2.62. The molecule has 1 amide bonds. The third kappa shape index (κ3) is 14.9. The van der Waals surface area contributed by atoms with Crippen LogP contribution in [0.2, 0.25) is 0 Å². The molecule has 1 atom stereocenters. The molecule has 1 N–H and O–H groups in total. The van der Waals surface area contributed by atoms with Gasteiger partial charge in [0.15, 0.2) is 5.12 Å². The summed E-state index contributed by atoms with van der Waals surface area (Å²) in [7, 11) is -3.50. The smallest absolute Gasteiger partial charge is 0.407 e. The van der Waals surface area contributed by atoms with E-state index in [2.05, 4.69) is 5.32 Å². The second-order valence-corrected chi connectivity index (χ2v) is 13.0. The largest absolute Gasteiger partial charge is 0.445 e. The van der Waals surface area contributed by atoms with Crippen molar-refractivity contribution in [3.63, 3.8) is 0 Å². The van der Waals surface area contributed by atoms with Crippen molar-refractivity contribution in [2.75, 3.05) is 26.0 Å². The molecule has 0 saturated heterocycles. The van der Waals surface area contributed by atoms with Crippen LogP contribution in [0.25, 0.3) is 0 Å². The monoisotopic (exact) mass is 485 g/mol. The van der Waals surface area contributed by atoms with Crippen LogP contribution in [0.5, 0.6) is 0 Å². The molecule has 0 bridgehead atoms. The van der Waals surface area contributed by atoms with E-state index in [1.807, 2.05) is 20.8 Å². The number of rotatable bonds is 10. The summed E-state index contributed by atoms with van der Waals surface area (Å²) in [6, 6.07) is -0.834. The standard InChI is InChI=1S/C15H27Cl3NO6PS/c1-6-24-26(22,25-7-2)9-11(8-12(20)27-14(3,4)5)19-13(21)23-10-15(16,17)18/h11H,6-10H2,1-5H3,(H,19,21)/t11-/m1/s1. The molecule has 0 aliphatic rings. The summed E-state index contributed by atoms with van der Waals surface area (Å²) in [4.78, 5) is 24.3. The zero-order valence-corrected chi connectivity index (χ0v) is 20.0. The zero-order chi connectivity index (χ0) is 21.3. The van der Waals surface area contributed by atoms with E-state index in [1.54, 1.807) is 13.8 Å². The summed E-state index contributed by atoms with van der Waals surface area (Å²) in [6.45, 7) is 8.85. The molecule has 0 aliphatic heterocycles. The quantitative estimate of drug-likeness (QED) is 0.336. The molecule has 0 aliphatic carbocycles. The van der Waals surface area contributed by atoms with Crippen molar-refractivity contribution < 1.29 is 27.9 Å². The number of amides is 1. The number of thioether (sulfide) groups is 1. The Morgan fingerprint density at radius 3 is 2.04 bits per heavy atom. The van der Waals surface area contributed by atoms with Crippen molar-refractivity contribution in [1.29, 1.82) is 0 Å². The minimum Gasteiger partial charge on any atom is -0.445 e. The van der Waals surface area contributed by atoms with Crippen molar-refractivity contribution in [2.45, 2.75) is 55.6 Å². The second-order valence-electron chi connectivity index (χ2n) is 6.45. The zero-order valence-electron chi connectivity index (χ0n) is 16.1. The van der Waals surface area contributed by atoms with Gasteiger partial charge < -0.3 is 19.1 Å². The summed E-state index contributed by atoms with van der Waals surface area (Å²) < 4.78 is 26.0. The Labute approximate surface area is 180 Å². The number of hydrogen-bond donors (Lipinski definition) is 1. The minimum atomic E-state index is -3.50. The Kier molecular flexibility index (Phi) is 12.2. The van der Waals surface area contributed by atoms with Gasteiger partial charge in [0.1, 0.15) is 6.61 Å². The van der Waals surface area contributed by atoms with Gasteiger partial charge in [-0.3, -0.25) is 9.36 Å². The Balaban J connectivity index is 5.16. The van der Waals surface area contributed by atoms with Gasteiger partial charge in [-0.25, -0.2) is 4.79 Å². The van der Waals surface area contributed by atoms with Crippen LogP contribution in [0.15, 0.2) is 0 Å². The number of hydrogen-bond acceptors (Lipinski definition) is 7. The average Bonchev–Trinajstić information content (AvgIpc) is 2.42. The summed E-state index contributed by atoms with van der Waals surface area (Å²) in [5.41, 5.74) is 0. The first kappa shape index (κ1) is 27.3. The number of carbonyl (C=O) groups excluding carboxylic acids is 2. The number of halogens is 3. The maximum atomic E-state index is 12.8. The Morgan fingerprint density at radius 1 is 1.11 bits per heavy atom. The van der Waals surface area contributed by atoms with Crippen molar-refractivity contribution in [1.82, 2.24) is 5.32 Å². The lowest BCUT2D eigenvalue weighted by Crippen LogP contribution is -2.40. The number of ether oxygens (including phenoxy) is 1. The van der Waals surface area contributed by atoms with Crippen molar-refractivity contribution >= 4 is 65.4 Å². The van der Waals surface area contributed by atoms with Crippen LogP contribution in [0.3, 0.4) is 0 Å². The highest BCUT2D eigenvalue weighted by atomic mass is 35.6. The maximum Gasteiger partial charge on any atom is 0.407 e. The molecule has 160 valence electrons. The van der Waals surface area contributed by atoms with E-state index in [0.717, 1.165) is 11.8 Å². The van der Waals surface area contributed by atoms with E-state index < -0.39 is 30.1 Å². The molecule has 0 unspecified atom stereocenters. The first-order valence-corrected chi connectivity index (χ1v) is 12.0. The maximum absolute atomic E-state index is 12.8. The highest BCUT2D eigenvalue weighted by Gasteiger charge is 2.32. The molecular weight excluding hydrogens is 460 g/mol. The predicted octanol–water partition coefficient (Wildman–Crippen LogP) is 5.17. The lowest BCUT2D eigenvalue weighted by Gasteiger charge is -2.25. The summed E-state index contributed by atoms with van der Waals surface area (Å²) in [5.74, 6) is 0. The third-order valence-corrected chi connectivity index (χ3v) is 6.14. The number of carbonyl (C=O) groups is 2. The van der Waals surface area contributed by atoms with Crippen LogP contribution in [0.4, 0.5) is 4.79 Å². The molecule has 0 heterocycles. The van der Waals surface area contributed by atoms with Crippen molar-refractivity contribution in [2.24, 2.45) is 0 Å².